The number of aromatic nitrogens is 3. The third-order valence-corrected chi connectivity index (χ3v) is 2.33. The summed E-state index contributed by atoms with van der Waals surface area (Å²) in [5.74, 6) is -3.00. The Balaban J connectivity index is 2.79. The predicted octanol–water partition coefficient (Wildman–Crippen LogP) is 2.66. The molecule has 0 aliphatic rings. The molecule has 0 atom stereocenters. The van der Waals surface area contributed by atoms with Crippen LogP contribution in [0.5, 0.6) is 0 Å². The summed E-state index contributed by atoms with van der Waals surface area (Å²) in [4.78, 5) is 0. The minimum Gasteiger partial charge on any atom is -0.269 e. The molecular formula is C9H6F3N3S. The zero-order valence-corrected chi connectivity index (χ0v) is 8.91. The molecule has 84 valence electrons. The SMILES string of the molecule is Cc1n[nH]c(=S)n1-c1cc(F)cc(F)c1F. The number of rotatable bonds is 1. The van der Waals surface area contributed by atoms with Crippen LogP contribution >= 0.6 is 12.2 Å². The van der Waals surface area contributed by atoms with E-state index in [0.717, 1.165) is 10.6 Å². The largest absolute Gasteiger partial charge is 0.269 e. The molecule has 0 spiro atoms. The van der Waals surface area contributed by atoms with Crippen LogP contribution in [-0.4, -0.2) is 14.8 Å². The lowest BCUT2D eigenvalue weighted by molar-refractivity contribution is 0.489. The number of hydrogen-bond acceptors (Lipinski definition) is 2. The number of hydrogen-bond donors (Lipinski definition) is 1. The first-order chi connectivity index (χ1) is 7.50. The van der Waals surface area contributed by atoms with Crippen LogP contribution in [0, 0.1) is 29.1 Å². The maximum atomic E-state index is 13.5. The van der Waals surface area contributed by atoms with Crippen molar-refractivity contribution in [2.45, 2.75) is 6.92 Å². The zero-order chi connectivity index (χ0) is 11.9. The van der Waals surface area contributed by atoms with Gasteiger partial charge in [-0.2, -0.15) is 5.10 Å². The molecule has 0 unspecified atom stereocenters. The molecule has 0 saturated heterocycles. The van der Waals surface area contributed by atoms with Gasteiger partial charge in [0.05, 0.1) is 5.69 Å². The molecule has 0 saturated carbocycles. The first-order valence-corrected chi connectivity index (χ1v) is 4.70. The third kappa shape index (κ3) is 1.63. The van der Waals surface area contributed by atoms with E-state index in [2.05, 4.69) is 10.2 Å². The van der Waals surface area contributed by atoms with E-state index in [1.807, 2.05) is 0 Å². The van der Waals surface area contributed by atoms with Crippen LogP contribution in [0.1, 0.15) is 5.82 Å². The van der Waals surface area contributed by atoms with Crippen molar-refractivity contribution >= 4 is 12.2 Å². The first kappa shape index (κ1) is 10.9. The summed E-state index contributed by atoms with van der Waals surface area (Å²) in [6.07, 6.45) is 0. The van der Waals surface area contributed by atoms with Gasteiger partial charge in [-0.1, -0.05) is 0 Å². The molecule has 0 amide bonds. The van der Waals surface area contributed by atoms with Crippen molar-refractivity contribution in [1.29, 1.82) is 0 Å². The second-order valence-corrected chi connectivity index (χ2v) is 3.52. The van der Waals surface area contributed by atoms with Crippen LogP contribution in [-0.2, 0) is 0 Å². The van der Waals surface area contributed by atoms with Crippen molar-refractivity contribution < 1.29 is 13.2 Å². The minimum atomic E-state index is -1.27. The maximum absolute atomic E-state index is 13.5. The Labute approximate surface area is 93.5 Å². The minimum absolute atomic E-state index is 0.0707. The number of aryl methyl sites for hydroxylation is 1. The van der Waals surface area contributed by atoms with Crippen molar-refractivity contribution in [3.63, 3.8) is 0 Å². The van der Waals surface area contributed by atoms with Crippen LogP contribution < -0.4 is 0 Å². The molecule has 0 aliphatic carbocycles. The van der Waals surface area contributed by atoms with Crippen molar-refractivity contribution in [3.8, 4) is 5.69 Å². The highest BCUT2D eigenvalue weighted by Crippen LogP contribution is 2.19. The van der Waals surface area contributed by atoms with Gasteiger partial charge in [0.25, 0.3) is 0 Å². The van der Waals surface area contributed by atoms with Crippen molar-refractivity contribution in [1.82, 2.24) is 14.8 Å². The number of nitrogens with one attached hydrogen (secondary N) is 1. The summed E-state index contributed by atoms with van der Waals surface area (Å²) in [5, 5.41) is 6.13. The molecule has 0 radical (unpaired) electrons. The molecule has 0 bridgehead atoms. The lowest BCUT2D eigenvalue weighted by Crippen LogP contribution is -2.03. The van der Waals surface area contributed by atoms with E-state index in [1.165, 1.54) is 6.92 Å². The van der Waals surface area contributed by atoms with E-state index in [1.54, 1.807) is 0 Å². The van der Waals surface area contributed by atoms with Crippen LogP contribution in [0.25, 0.3) is 5.69 Å². The van der Waals surface area contributed by atoms with E-state index in [-0.39, 0.29) is 10.5 Å². The Hall–Kier alpha value is -1.63. The summed E-state index contributed by atoms with van der Waals surface area (Å²) >= 11 is 4.83. The fraction of sp³-hybridized carbons (Fsp3) is 0.111. The number of halogens is 3. The quantitative estimate of drug-likeness (QED) is 0.619. The van der Waals surface area contributed by atoms with E-state index in [0.29, 0.717) is 11.9 Å². The Morgan fingerprint density at radius 1 is 1.31 bits per heavy atom. The van der Waals surface area contributed by atoms with E-state index < -0.39 is 17.5 Å². The van der Waals surface area contributed by atoms with Gasteiger partial charge in [-0.3, -0.25) is 9.67 Å². The normalized spacial score (nSPS) is 10.8. The molecule has 3 nitrogen and oxygen atoms in total. The van der Waals surface area contributed by atoms with Gasteiger partial charge < -0.3 is 0 Å². The van der Waals surface area contributed by atoms with Gasteiger partial charge in [0.2, 0.25) is 0 Å². The fourth-order valence-corrected chi connectivity index (χ4v) is 1.64. The molecule has 2 aromatic rings. The average molecular weight is 245 g/mol. The molecule has 16 heavy (non-hydrogen) atoms. The number of nitrogens with zero attached hydrogens (tertiary/aromatic N) is 2. The predicted molar refractivity (Wildman–Crippen MR) is 53.4 cm³/mol. The molecule has 0 aliphatic heterocycles. The Morgan fingerprint density at radius 2 is 2.00 bits per heavy atom. The summed E-state index contributed by atoms with van der Waals surface area (Å²) in [6.45, 7) is 1.54. The second kappa shape index (κ2) is 3.75. The molecular weight excluding hydrogens is 239 g/mol. The summed E-state index contributed by atoms with van der Waals surface area (Å²) in [6, 6.07) is 1.33. The van der Waals surface area contributed by atoms with Crippen LogP contribution in [0.3, 0.4) is 0 Å². The summed E-state index contributed by atoms with van der Waals surface area (Å²) < 4.78 is 40.6. The highest BCUT2D eigenvalue weighted by molar-refractivity contribution is 7.71. The van der Waals surface area contributed by atoms with E-state index >= 15 is 0 Å². The lowest BCUT2D eigenvalue weighted by Gasteiger charge is -2.06. The molecule has 1 aromatic carbocycles. The first-order valence-electron chi connectivity index (χ1n) is 4.29. The monoisotopic (exact) mass is 245 g/mol. The fourth-order valence-electron chi connectivity index (χ4n) is 1.36. The second-order valence-electron chi connectivity index (χ2n) is 3.13. The van der Waals surface area contributed by atoms with Gasteiger partial charge in [-0.15, -0.1) is 0 Å². The highest BCUT2D eigenvalue weighted by atomic mass is 32.1. The van der Waals surface area contributed by atoms with Crippen LogP contribution in [0.4, 0.5) is 13.2 Å². The molecule has 7 heteroatoms. The highest BCUT2D eigenvalue weighted by Gasteiger charge is 2.15. The smallest absolute Gasteiger partial charge is 0.199 e. The topological polar surface area (TPSA) is 33.6 Å². The molecule has 1 heterocycles. The summed E-state index contributed by atoms with van der Waals surface area (Å²) in [5.41, 5.74) is -0.297. The average Bonchev–Trinajstić information content (AvgIpc) is 2.53. The molecule has 0 fully saturated rings. The van der Waals surface area contributed by atoms with E-state index in [9.17, 15) is 13.2 Å². The molecule has 2 rings (SSSR count). The van der Waals surface area contributed by atoms with Crippen molar-refractivity contribution in [2.75, 3.05) is 0 Å². The third-order valence-electron chi connectivity index (χ3n) is 2.05. The van der Waals surface area contributed by atoms with Crippen LogP contribution in [0.2, 0.25) is 0 Å². The van der Waals surface area contributed by atoms with E-state index in [4.69, 9.17) is 12.2 Å². The molecule has 1 aromatic heterocycles. The van der Waals surface area contributed by atoms with Gasteiger partial charge in [0, 0.05) is 12.1 Å². The Morgan fingerprint density at radius 3 is 2.56 bits per heavy atom. The lowest BCUT2D eigenvalue weighted by atomic mass is 10.2. The van der Waals surface area contributed by atoms with Crippen molar-refractivity contribution in [2.24, 2.45) is 0 Å². The van der Waals surface area contributed by atoms with Crippen molar-refractivity contribution in [3.05, 3.63) is 40.2 Å². The number of aromatic amines is 1. The Kier molecular flexibility index (Phi) is 2.55. The zero-order valence-electron chi connectivity index (χ0n) is 8.09. The van der Waals surface area contributed by atoms with Gasteiger partial charge in [-0.25, -0.2) is 13.2 Å². The standard InChI is InChI=1S/C9H6F3N3S/c1-4-13-14-9(16)15(4)7-3-5(10)2-6(11)8(7)12/h2-3H,1H3,(H,14,16). The maximum Gasteiger partial charge on any atom is 0.199 e. The number of benzene rings is 1. The van der Waals surface area contributed by atoms with Gasteiger partial charge in [0.15, 0.2) is 16.4 Å². The summed E-state index contributed by atoms with van der Waals surface area (Å²) in [7, 11) is 0. The van der Waals surface area contributed by atoms with Gasteiger partial charge in [-0.05, 0) is 19.1 Å². The Bertz CT molecular complexity index is 603. The number of H-pyrrole nitrogens is 1. The van der Waals surface area contributed by atoms with Gasteiger partial charge in [0.1, 0.15) is 11.6 Å². The van der Waals surface area contributed by atoms with Crippen LogP contribution in [0.15, 0.2) is 12.1 Å². The van der Waals surface area contributed by atoms with Gasteiger partial charge >= 0.3 is 0 Å². The molecule has 1 N–H and O–H groups in total.